The second-order valence-electron chi connectivity index (χ2n) is 3.08. The minimum absolute atomic E-state index is 0.215. The van der Waals surface area contributed by atoms with Crippen LogP contribution in [0, 0.1) is 0 Å². The lowest BCUT2D eigenvalue weighted by Crippen LogP contribution is -2.04. The summed E-state index contributed by atoms with van der Waals surface area (Å²) in [5, 5.41) is 13.5. The van der Waals surface area contributed by atoms with Crippen molar-refractivity contribution in [1.82, 2.24) is 9.78 Å². The van der Waals surface area contributed by atoms with Gasteiger partial charge in [0.1, 0.15) is 0 Å². The van der Waals surface area contributed by atoms with Crippen LogP contribution in [0.25, 0.3) is 0 Å². The van der Waals surface area contributed by atoms with Crippen LogP contribution in [-0.2, 0) is 16.6 Å². The maximum Gasteiger partial charge on any atom is 0.305 e. The first-order valence-corrected chi connectivity index (χ1v) is 4.37. The number of rotatable bonds is 4. The van der Waals surface area contributed by atoms with Gasteiger partial charge in [-0.1, -0.05) is 0 Å². The number of aliphatic hydroxyl groups is 1. The van der Waals surface area contributed by atoms with Crippen LogP contribution in [0.2, 0.25) is 0 Å². The van der Waals surface area contributed by atoms with Gasteiger partial charge in [0.25, 0.3) is 0 Å². The van der Waals surface area contributed by atoms with Crippen LogP contribution in [-0.4, -0.2) is 28.0 Å². The van der Waals surface area contributed by atoms with Crippen molar-refractivity contribution in [3.8, 4) is 0 Å². The number of aryl methyl sites for hydroxylation is 1. The maximum absolute atomic E-state index is 10.8. The first-order chi connectivity index (χ1) is 6.63. The van der Waals surface area contributed by atoms with E-state index in [1.165, 1.54) is 7.11 Å². The Kier molecular flexibility index (Phi) is 3.64. The smallest absolute Gasteiger partial charge is 0.305 e. The molecule has 0 aromatic carbocycles. The van der Waals surface area contributed by atoms with Gasteiger partial charge in [0, 0.05) is 25.2 Å². The van der Waals surface area contributed by atoms with Gasteiger partial charge in [-0.15, -0.1) is 0 Å². The average molecular weight is 198 g/mol. The highest BCUT2D eigenvalue weighted by Gasteiger charge is 2.11. The molecule has 1 N–H and O–H groups in total. The van der Waals surface area contributed by atoms with E-state index < -0.39 is 6.10 Å². The fourth-order valence-electron chi connectivity index (χ4n) is 1.14. The van der Waals surface area contributed by atoms with Gasteiger partial charge in [0.2, 0.25) is 0 Å². The molecule has 0 fully saturated rings. The normalized spacial score (nSPS) is 12.5. The highest BCUT2D eigenvalue weighted by atomic mass is 16.5. The van der Waals surface area contributed by atoms with Gasteiger partial charge < -0.3 is 9.84 Å². The molecule has 0 aliphatic carbocycles. The zero-order valence-corrected chi connectivity index (χ0v) is 8.30. The molecule has 0 aliphatic rings. The molecule has 1 unspecified atom stereocenters. The zero-order valence-electron chi connectivity index (χ0n) is 8.30. The highest BCUT2D eigenvalue weighted by Crippen LogP contribution is 2.17. The summed E-state index contributed by atoms with van der Waals surface area (Å²) in [7, 11) is 3.11. The van der Waals surface area contributed by atoms with Gasteiger partial charge in [0.05, 0.1) is 19.4 Å². The third kappa shape index (κ3) is 2.85. The molecule has 1 aromatic rings. The summed E-state index contributed by atoms with van der Waals surface area (Å²) >= 11 is 0. The second kappa shape index (κ2) is 4.76. The molecule has 0 radical (unpaired) electrons. The van der Waals surface area contributed by atoms with Crippen LogP contribution < -0.4 is 0 Å². The second-order valence-corrected chi connectivity index (χ2v) is 3.08. The van der Waals surface area contributed by atoms with Crippen molar-refractivity contribution in [3.05, 3.63) is 18.0 Å². The molecule has 14 heavy (non-hydrogen) atoms. The topological polar surface area (TPSA) is 64.3 Å². The number of aromatic nitrogens is 2. The number of methoxy groups -OCH3 is 1. The van der Waals surface area contributed by atoms with Crippen molar-refractivity contribution in [2.24, 2.45) is 7.05 Å². The van der Waals surface area contributed by atoms with Crippen molar-refractivity contribution in [2.75, 3.05) is 7.11 Å². The van der Waals surface area contributed by atoms with Gasteiger partial charge in [-0.2, -0.15) is 5.10 Å². The summed E-state index contributed by atoms with van der Waals surface area (Å²) in [4.78, 5) is 10.8. The zero-order chi connectivity index (χ0) is 10.6. The van der Waals surface area contributed by atoms with Crippen LogP contribution in [0.3, 0.4) is 0 Å². The van der Waals surface area contributed by atoms with E-state index in [1.54, 1.807) is 24.1 Å². The van der Waals surface area contributed by atoms with E-state index in [-0.39, 0.29) is 12.4 Å². The predicted octanol–water partition coefficient (Wildman–Crippen LogP) is 0.407. The first-order valence-electron chi connectivity index (χ1n) is 4.37. The number of hydrogen-bond donors (Lipinski definition) is 1. The van der Waals surface area contributed by atoms with E-state index in [0.717, 1.165) is 5.56 Å². The number of hydrogen-bond acceptors (Lipinski definition) is 4. The average Bonchev–Trinajstić information content (AvgIpc) is 2.60. The predicted molar refractivity (Wildman–Crippen MR) is 49.4 cm³/mol. The molecular weight excluding hydrogens is 184 g/mol. The van der Waals surface area contributed by atoms with Gasteiger partial charge in [-0.3, -0.25) is 9.48 Å². The van der Waals surface area contributed by atoms with Crippen LogP contribution in [0.1, 0.15) is 24.5 Å². The molecule has 0 saturated carbocycles. The molecule has 1 rings (SSSR count). The van der Waals surface area contributed by atoms with Crippen LogP contribution in [0.15, 0.2) is 12.4 Å². The van der Waals surface area contributed by atoms with Gasteiger partial charge in [0.15, 0.2) is 0 Å². The number of aliphatic hydroxyl groups excluding tert-OH is 1. The van der Waals surface area contributed by atoms with Crippen molar-refractivity contribution in [1.29, 1.82) is 0 Å². The molecule has 0 aliphatic heterocycles. The summed E-state index contributed by atoms with van der Waals surface area (Å²) in [6.45, 7) is 0. The van der Waals surface area contributed by atoms with Gasteiger partial charge in [-0.25, -0.2) is 0 Å². The Bertz CT molecular complexity index is 309. The van der Waals surface area contributed by atoms with Crippen molar-refractivity contribution in [2.45, 2.75) is 18.9 Å². The van der Waals surface area contributed by atoms with E-state index in [1.807, 2.05) is 0 Å². The van der Waals surface area contributed by atoms with Crippen LogP contribution in [0.4, 0.5) is 0 Å². The number of nitrogens with zero attached hydrogens (tertiary/aromatic N) is 2. The summed E-state index contributed by atoms with van der Waals surface area (Å²) in [6, 6.07) is 0. The lowest BCUT2D eigenvalue weighted by Gasteiger charge is -2.06. The monoisotopic (exact) mass is 198 g/mol. The Hall–Kier alpha value is -1.36. The molecule has 0 bridgehead atoms. The summed E-state index contributed by atoms with van der Waals surface area (Å²) < 4.78 is 6.08. The molecule has 0 spiro atoms. The fourth-order valence-corrected chi connectivity index (χ4v) is 1.14. The molecule has 1 atom stereocenters. The molecular formula is C9H14N2O3. The highest BCUT2D eigenvalue weighted by molar-refractivity contribution is 5.69. The maximum atomic E-state index is 10.8. The first kappa shape index (κ1) is 10.7. The largest absolute Gasteiger partial charge is 0.469 e. The van der Waals surface area contributed by atoms with E-state index >= 15 is 0 Å². The standard InChI is InChI=1S/C9H14N2O3/c1-11-6-7(5-10-11)8(12)3-4-9(13)14-2/h5-6,8,12H,3-4H2,1-2H3. The fraction of sp³-hybridized carbons (Fsp3) is 0.556. The third-order valence-corrected chi connectivity index (χ3v) is 1.96. The lowest BCUT2D eigenvalue weighted by molar-refractivity contribution is -0.141. The quantitative estimate of drug-likeness (QED) is 0.711. The lowest BCUT2D eigenvalue weighted by atomic mass is 10.1. The molecule has 5 heteroatoms. The van der Waals surface area contributed by atoms with E-state index in [4.69, 9.17) is 0 Å². The minimum atomic E-state index is -0.650. The van der Waals surface area contributed by atoms with Crippen molar-refractivity contribution >= 4 is 5.97 Å². The number of carbonyl (C=O) groups excluding carboxylic acids is 1. The Labute approximate surface area is 82.3 Å². The molecule has 5 nitrogen and oxygen atoms in total. The van der Waals surface area contributed by atoms with Crippen molar-refractivity contribution < 1.29 is 14.6 Å². The Morgan fingerprint density at radius 2 is 2.50 bits per heavy atom. The van der Waals surface area contributed by atoms with Gasteiger partial charge >= 0.3 is 5.97 Å². The Morgan fingerprint density at radius 3 is 3.00 bits per heavy atom. The molecule has 1 aromatic heterocycles. The molecule has 0 amide bonds. The SMILES string of the molecule is COC(=O)CCC(O)c1cnn(C)c1. The van der Waals surface area contributed by atoms with E-state index in [2.05, 4.69) is 9.84 Å². The number of esters is 1. The molecule has 1 heterocycles. The van der Waals surface area contributed by atoms with Crippen LogP contribution in [0.5, 0.6) is 0 Å². The Morgan fingerprint density at radius 1 is 1.79 bits per heavy atom. The summed E-state index contributed by atoms with van der Waals surface area (Å²) in [5.41, 5.74) is 0.719. The summed E-state index contributed by atoms with van der Waals surface area (Å²) in [5.74, 6) is -0.312. The van der Waals surface area contributed by atoms with E-state index in [9.17, 15) is 9.90 Å². The van der Waals surface area contributed by atoms with Gasteiger partial charge in [-0.05, 0) is 6.42 Å². The number of carbonyl (C=O) groups is 1. The Balaban J connectivity index is 2.42. The van der Waals surface area contributed by atoms with Crippen LogP contribution >= 0.6 is 0 Å². The molecule has 0 saturated heterocycles. The molecule has 78 valence electrons. The third-order valence-electron chi connectivity index (χ3n) is 1.96. The minimum Gasteiger partial charge on any atom is -0.469 e. The van der Waals surface area contributed by atoms with Crippen molar-refractivity contribution in [3.63, 3.8) is 0 Å². The van der Waals surface area contributed by atoms with E-state index in [0.29, 0.717) is 6.42 Å². The summed E-state index contributed by atoms with van der Waals surface area (Å²) in [6.07, 6.45) is 3.23. The number of ether oxygens (including phenoxy) is 1.